The van der Waals surface area contributed by atoms with Crippen LogP contribution in [-0.4, -0.2) is 36.9 Å². The average Bonchev–Trinajstić information content (AvgIpc) is 2.29. The molecule has 0 saturated carbocycles. The maximum absolute atomic E-state index is 12.7. The van der Waals surface area contributed by atoms with E-state index in [2.05, 4.69) is 0 Å². The Hall–Kier alpha value is -1.47. The average molecular weight is 275 g/mol. The number of nitrogens with zero attached hydrogens (tertiary/aromatic N) is 1. The summed E-state index contributed by atoms with van der Waals surface area (Å²) in [7, 11) is -2.53. The lowest BCUT2D eigenvalue weighted by Gasteiger charge is -2.20. The number of carboxylic acids is 1. The fraction of sp³-hybridized carbons (Fsp3) is 0.364. The predicted octanol–water partition coefficient (Wildman–Crippen LogP) is 1.06. The van der Waals surface area contributed by atoms with Gasteiger partial charge in [0.15, 0.2) is 0 Å². The molecule has 1 atom stereocenters. The van der Waals surface area contributed by atoms with Gasteiger partial charge in [0, 0.05) is 7.05 Å². The molecule has 18 heavy (non-hydrogen) atoms. The normalized spacial score (nSPS) is 13.6. The molecule has 1 aromatic carbocycles. The molecular weight excluding hydrogens is 261 g/mol. The van der Waals surface area contributed by atoms with E-state index in [0.717, 1.165) is 16.4 Å². The van der Waals surface area contributed by atoms with Gasteiger partial charge in [-0.05, 0) is 24.6 Å². The molecule has 0 amide bonds. The van der Waals surface area contributed by atoms with Gasteiger partial charge in [-0.1, -0.05) is 12.1 Å². The molecule has 1 aromatic rings. The van der Waals surface area contributed by atoms with E-state index in [1.165, 1.54) is 26.1 Å². The minimum absolute atomic E-state index is 0.360. The second-order valence-corrected chi connectivity index (χ2v) is 5.94. The molecular formula is C11H14FNO4S. The monoisotopic (exact) mass is 275 g/mol. The van der Waals surface area contributed by atoms with Gasteiger partial charge in [-0.2, -0.15) is 4.31 Å². The molecule has 0 radical (unpaired) electrons. The van der Waals surface area contributed by atoms with Gasteiger partial charge in [0.05, 0.1) is 5.75 Å². The molecule has 0 heterocycles. The number of aliphatic carboxylic acids is 1. The first-order valence-electron chi connectivity index (χ1n) is 5.17. The number of halogens is 1. The summed E-state index contributed by atoms with van der Waals surface area (Å²) in [6, 6.07) is 3.88. The van der Waals surface area contributed by atoms with Crippen LogP contribution in [0.1, 0.15) is 12.5 Å². The lowest BCUT2D eigenvalue weighted by Crippen LogP contribution is -2.40. The zero-order chi connectivity index (χ0) is 13.9. The number of benzene rings is 1. The molecule has 0 spiro atoms. The number of hydrogen-bond donors (Lipinski definition) is 1. The summed E-state index contributed by atoms with van der Waals surface area (Å²) in [6.45, 7) is 1.28. The number of sulfonamides is 1. The van der Waals surface area contributed by atoms with Gasteiger partial charge in [0.25, 0.3) is 0 Å². The van der Waals surface area contributed by atoms with Gasteiger partial charge < -0.3 is 5.11 Å². The van der Waals surface area contributed by atoms with Crippen LogP contribution in [0.25, 0.3) is 0 Å². The minimum Gasteiger partial charge on any atom is -0.480 e. The van der Waals surface area contributed by atoms with Crippen molar-refractivity contribution in [2.75, 3.05) is 7.05 Å². The van der Waals surface area contributed by atoms with Crippen molar-refractivity contribution in [1.29, 1.82) is 0 Å². The molecule has 5 nitrogen and oxygen atoms in total. The van der Waals surface area contributed by atoms with Gasteiger partial charge in [0.2, 0.25) is 10.0 Å². The van der Waals surface area contributed by atoms with Crippen molar-refractivity contribution in [3.8, 4) is 0 Å². The Bertz CT molecular complexity index is 526. The van der Waals surface area contributed by atoms with Crippen molar-refractivity contribution in [2.24, 2.45) is 0 Å². The first-order valence-corrected chi connectivity index (χ1v) is 6.78. The second kappa shape index (κ2) is 5.45. The Morgan fingerprint density at radius 1 is 1.39 bits per heavy atom. The molecule has 0 saturated heterocycles. The molecule has 1 N–H and O–H groups in total. The third kappa shape index (κ3) is 3.51. The Morgan fingerprint density at radius 3 is 2.33 bits per heavy atom. The zero-order valence-corrected chi connectivity index (χ0v) is 10.8. The van der Waals surface area contributed by atoms with Crippen LogP contribution in [0.15, 0.2) is 24.3 Å². The standard InChI is InChI=1S/C11H14FNO4S/c1-8(11(14)15)13(2)18(16,17)7-9-3-5-10(12)6-4-9/h3-6,8H,7H2,1-2H3,(H,14,15). The maximum atomic E-state index is 12.7. The Morgan fingerprint density at radius 2 is 1.89 bits per heavy atom. The van der Waals surface area contributed by atoms with E-state index in [9.17, 15) is 17.6 Å². The number of hydrogen-bond acceptors (Lipinski definition) is 3. The van der Waals surface area contributed by atoms with Crippen molar-refractivity contribution in [3.05, 3.63) is 35.6 Å². The Balaban J connectivity index is 2.88. The Labute approximate surface area is 105 Å². The van der Waals surface area contributed by atoms with E-state index in [1.54, 1.807) is 0 Å². The van der Waals surface area contributed by atoms with Crippen LogP contribution in [0.3, 0.4) is 0 Å². The van der Waals surface area contributed by atoms with Crippen LogP contribution < -0.4 is 0 Å². The van der Waals surface area contributed by atoms with Gasteiger partial charge in [-0.25, -0.2) is 12.8 Å². The number of likely N-dealkylation sites (N-methyl/N-ethyl adjacent to an activating group) is 1. The minimum atomic E-state index is -3.74. The summed E-state index contributed by atoms with van der Waals surface area (Å²) in [5.74, 6) is -2.04. The highest BCUT2D eigenvalue weighted by atomic mass is 32.2. The Kier molecular flexibility index (Phi) is 4.42. The van der Waals surface area contributed by atoms with Gasteiger partial charge in [-0.3, -0.25) is 4.79 Å². The highest BCUT2D eigenvalue weighted by Crippen LogP contribution is 2.12. The highest BCUT2D eigenvalue weighted by molar-refractivity contribution is 7.88. The van der Waals surface area contributed by atoms with E-state index in [4.69, 9.17) is 5.11 Å². The van der Waals surface area contributed by atoms with Crippen LogP contribution >= 0.6 is 0 Å². The van der Waals surface area contributed by atoms with Crippen LogP contribution in [0.4, 0.5) is 4.39 Å². The van der Waals surface area contributed by atoms with Crippen LogP contribution in [0, 0.1) is 5.82 Å². The molecule has 1 rings (SSSR count). The fourth-order valence-electron chi connectivity index (χ4n) is 1.29. The van der Waals surface area contributed by atoms with Crippen molar-refractivity contribution < 1.29 is 22.7 Å². The largest absolute Gasteiger partial charge is 0.480 e. The van der Waals surface area contributed by atoms with Gasteiger partial charge in [0.1, 0.15) is 11.9 Å². The van der Waals surface area contributed by atoms with E-state index in [0.29, 0.717) is 5.56 Å². The summed E-state index contributed by atoms with van der Waals surface area (Å²) in [6.07, 6.45) is 0. The fourth-order valence-corrected chi connectivity index (χ4v) is 2.68. The number of rotatable bonds is 5. The molecule has 7 heteroatoms. The smallest absolute Gasteiger partial charge is 0.321 e. The third-order valence-corrected chi connectivity index (χ3v) is 4.50. The lowest BCUT2D eigenvalue weighted by atomic mass is 10.2. The third-order valence-electron chi connectivity index (χ3n) is 2.60. The molecule has 0 bridgehead atoms. The molecule has 0 aliphatic heterocycles. The molecule has 0 aliphatic rings. The van der Waals surface area contributed by atoms with E-state index in [-0.39, 0.29) is 5.75 Å². The topological polar surface area (TPSA) is 74.7 Å². The summed E-state index contributed by atoms with van der Waals surface area (Å²) in [4.78, 5) is 10.7. The maximum Gasteiger partial charge on any atom is 0.321 e. The summed E-state index contributed by atoms with van der Waals surface area (Å²) in [5, 5.41) is 8.76. The number of carboxylic acid groups (broad SMARTS) is 1. The first kappa shape index (κ1) is 14.6. The van der Waals surface area contributed by atoms with E-state index in [1.807, 2.05) is 0 Å². The van der Waals surface area contributed by atoms with Crippen molar-refractivity contribution in [1.82, 2.24) is 4.31 Å². The van der Waals surface area contributed by atoms with Gasteiger partial charge in [-0.15, -0.1) is 0 Å². The predicted molar refractivity (Wildman–Crippen MR) is 63.9 cm³/mol. The highest BCUT2D eigenvalue weighted by Gasteiger charge is 2.27. The molecule has 100 valence electrons. The van der Waals surface area contributed by atoms with Crippen LogP contribution in [0.2, 0.25) is 0 Å². The second-order valence-electron chi connectivity index (χ2n) is 3.91. The first-order chi connectivity index (χ1) is 8.24. The zero-order valence-electron chi connectivity index (χ0n) is 10.00. The molecule has 0 aliphatic carbocycles. The van der Waals surface area contributed by atoms with Crippen molar-refractivity contribution in [3.63, 3.8) is 0 Å². The quantitative estimate of drug-likeness (QED) is 0.872. The van der Waals surface area contributed by atoms with Crippen molar-refractivity contribution in [2.45, 2.75) is 18.7 Å². The van der Waals surface area contributed by atoms with E-state index >= 15 is 0 Å². The SMILES string of the molecule is CC(C(=O)O)N(C)S(=O)(=O)Cc1ccc(F)cc1. The number of carbonyl (C=O) groups is 1. The van der Waals surface area contributed by atoms with E-state index < -0.39 is 27.9 Å². The molecule has 1 unspecified atom stereocenters. The molecule has 0 fully saturated rings. The summed E-state index contributed by atoms with van der Waals surface area (Å²) < 4.78 is 37.3. The lowest BCUT2D eigenvalue weighted by molar-refractivity contribution is -0.140. The molecule has 0 aromatic heterocycles. The van der Waals surface area contributed by atoms with Crippen molar-refractivity contribution >= 4 is 16.0 Å². The van der Waals surface area contributed by atoms with Gasteiger partial charge >= 0.3 is 5.97 Å². The van der Waals surface area contributed by atoms with Crippen LogP contribution in [0.5, 0.6) is 0 Å². The summed E-state index contributed by atoms with van der Waals surface area (Å²) in [5.41, 5.74) is 0.404. The summed E-state index contributed by atoms with van der Waals surface area (Å²) >= 11 is 0. The van der Waals surface area contributed by atoms with Crippen LogP contribution in [-0.2, 0) is 20.6 Å².